The molecule has 2 aromatic rings. The molecule has 3 heterocycles. The van der Waals surface area contributed by atoms with Crippen LogP contribution in [0.3, 0.4) is 0 Å². The summed E-state index contributed by atoms with van der Waals surface area (Å²) in [6.45, 7) is 3.67. The van der Waals surface area contributed by atoms with E-state index in [1.165, 1.54) is 38.0 Å². The molecule has 96 valence electrons. The molecule has 18 heavy (non-hydrogen) atoms. The second-order valence-corrected chi connectivity index (χ2v) is 5.91. The van der Waals surface area contributed by atoms with Gasteiger partial charge in [-0.15, -0.1) is 0 Å². The third kappa shape index (κ3) is 2.75. The van der Waals surface area contributed by atoms with Gasteiger partial charge in [0.25, 0.3) is 0 Å². The van der Waals surface area contributed by atoms with E-state index in [-0.39, 0.29) is 0 Å². The number of aromatic nitrogens is 2. The zero-order valence-electron chi connectivity index (χ0n) is 10.5. The standard InChI is InChI=1S/C14H18BrN3/c15-12-4-5-14-16-13(11-18(14)10-12)6-9-17-7-2-1-3-8-17/h4-5,10-11H,1-3,6-9H2. The highest BCUT2D eigenvalue weighted by molar-refractivity contribution is 9.10. The number of halogens is 1. The molecule has 1 aliphatic heterocycles. The van der Waals surface area contributed by atoms with Crippen LogP contribution in [0.1, 0.15) is 25.0 Å². The molecule has 0 atom stereocenters. The van der Waals surface area contributed by atoms with Crippen molar-refractivity contribution >= 4 is 21.6 Å². The maximum atomic E-state index is 4.65. The molecule has 0 spiro atoms. The maximum Gasteiger partial charge on any atom is 0.137 e. The molecular weight excluding hydrogens is 290 g/mol. The van der Waals surface area contributed by atoms with E-state index in [0.29, 0.717) is 0 Å². The fourth-order valence-electron chi connectivity index (χ4n) is 2.59. The fraction of sp³-hybridized carbons (Fsp3) is 0.500. The summed E-state index contributed by atoms with van der Waals surface area (Å²) in [5.41, 5.74) is 2.23. The highest BCUT2D eigenvalue weighted by Crippen LogP contribution is 2.14. The van der Waals surface area contributed by atoms with E-state index in [1.54, 1.807) is 0 Å². The summed E-state index contributed by atoms with van der Waals surface area (Å²) in [5, 5.41) is 0. The van der Waals surface area contributed by atoms with E-state index < -0.39 is 0 Å². The molecule has 0 amide bonds. The Balaban J connectivity index is 1.67. The van der Waals surface area contributed by atoms with Crippen LogP contribution >= 0.6 is 15.9 Å². The van der Waals surface area contributed by atoms with Crippen molar-refractivity contribution in [2.24, 2.45) is 0 Å². The Morgan fingerprint density at radius 1 is 1.11 bits per heavy atom. The summed E-state index contributed by atoms with van der Waals surface area (Å²) in [6, 6.07) is 4.09. The monoisotopic (exact) mass is 307 g/mol. The summed E-state index contributed by atoms with van der Waals surface area (Å²) in [4.78, 5) is 7.21. The minimum Gasteiger partial charge on any atom is -0.306 e. The summed E-state index contributed by atoms with van der Waals surface area (Å²) < 4.78 is 3.19. The van der Waals surface area contributed by atoms with E-state index in [9.17, 15) is 0 Å². The SMILES string of the molecule is Brc1ccc2nc(CCN3CCCCC3)cn2c1. The summed E-state index contributed by atoms with van der Waals surface area (Å²) in [5.74, 6) is 0. The molecular formula is C14H18BrN3. The van der Waals surface area contributed by atoms with Gasteiger partial charge in [-0.1, -0.05) is 6.42 Å². The molecule has 4 heteroatoms. The number of likely N-dealkylation sites (tertiary alicyclic amines) is 1. The van der Waals surface area contributed by atoms with E-state index >= 15 is 0 Å². The lowest BCUT2D eigenvalue weighted by atomic mass is 10.1. The average molecular weight is 308 g/mol. The zero-order valence-corrected chi connectivity index (χ0v) is 12.1. The third-order valence-electron chi connectivity index (χ3n) is 3.60. The minimum atomic E-state index is 1.03. The number of rotatable bonds is 3. The van der Waals surface area contributed by atoms with Gasteiger partial charge < -0.3 is 9.30 Å². The van der Waals surface area contributed by atoms with Gasteiger partial charge in [0.1, 0.15) is 5.65 Å². The summed E-state index contributed by atoms with van der Waals surface area (Å²) in [7, 11) is 0. The van der Waals surface area contributed by atoms with Gasteiger partial charge >= 0.3 is 0 Å². The topological polar surface area (TPSA) is 20.5 Å². The lowest BCUT2D eigenvalue weighted by molar-refractivity contribution is 0.231. The molecule has 3 nitrogen and oxygen atoms in total. The number of imidazole rings is 1. The third-order valence-corrected chi connectivity index (χ3v) is 4.07. The Kier molecular flexibility index (Phi) is 3.66. The van der Waals surface area contributed by atoms with Gasteiger partial charge in [0.05, 0.1) is 5.69 Å². The Morgan fingerprint density at radius 2 is 1.94 bits per heavy atom. The van der Waals surface area contributed by atoms with Crippen LogP contribution in [0.2, 0.25) is 0 Å². The smallest absolute Gasteiger partial charge is 0.137 e. The van der Waals surface area contributed by atoms with Gasteiger partial charge in [-0.05, 0) is 54.0 Å². The summed E-state index contributed by atoms with van der Waals surface area (Å²) >= 11 is 3.49. The van der Waals surface area contributed by atoms with Gasteiger partial charge in [0, 0.05) is 29.8 Å². The molecule has 0 unspecified atom stereocenters. The van der Waals surface area contributed by atoms with Gasteiger partial charge in [0.15, 0.2) is 0 Å². The first-order valence-corrected chi connectivity index (χ1v) is 7.46. The molecule has 0 saturated carbocycles. The van der Waals surface area contributed by atoms with Crippen LogP contribution in [0.25, 0.3) is 5.65 Å². The molecule has 1 aliphatic rings. The van der Waals surface area contributed by atoms with Crippen LogP contribution in [0, 0.1) is 0 Å². The minimum absolute atomic E-state index is 1.03. The van der Waals surface area contributed by atoms with Crippen LogP contribution < -0.4 is 0 Å². The second kappa shape index (κ2) is 5.41. The molecule has 2 aromatic heterocycles. The molecule has 0 radical (unpaired) electrons. The van der Waals surface area contributed by atoms with E-state index in [0.717, 1.165) is 23.1 Å². The number of fused-ring (bicyclic) bond motifs is 1. The maximum absolute atomic E-state index is 4.65. The van der Waals surface area contributed by atoms with Crippen molar-refractivity contribution in [2.75, 3.05) is 19.6 Å². The van der Waals surface area contributed by atoms with Crippen molar-refractivity contribution in [1.29, 1.82) is 0 Å². The molecule has 1 fully saturated rings. The predicted molar refractivity (Wildman–Crippen MR) is 76.9 cm³/mol. The summed E-state index contributed by atoms with van der Waals surface area (Å²) in [6.07, 6.45) is 9.38. The normalized spacial score (nSPS) is 17.4. The number of hydrogen-bond acceptors (Lipinski definition) is 2. The number of hydrogen-bond donors (Lipinski definition) is 0. The fourth-order valence-corrected chi connectivity index (χ4v) is 2.95. The van der Waals surface area contributed by atoms with E-state index in [1.807, 2.05) is 6.07 Å². The molecule has 0 N–H and O–H groups in total. The highest BCUT2D eigenvalue weighted by atomic mass is 79.9. The molecule has 3 rings (SSSR count). The van der Waals surface area contributed by atoms with Gasteiger partial charge in [-0.2, -0.15) is 0 Å². The van der Waals surface area contributed by atoms with Crippen LogP contribution in [0.4, 0.5) is 0 Å². The van der Waals surface area contributed by atoms with Crippen molar-refractivity contribution in [3.8, 4) is 0 Å². The lowest BCUT2D eigenvalue weighted by Gasteiger charge is -2.25. The van der Waals surface area contributed by atoms with Gasteiger partial charge in [-0.3, -0.25) is 0 Å². The van der Waals surface area contributed by atoms with E-state index in [2.05, 4.69) is 48.7 Å². The number of nitrogens with zero attached hydrogens (tertiary/aromatic N) is 3. The first-order valence-electron chi connectivity index (χ1n) is 6.67. The van der Waals surface area contributed by atoms with Crippen molar-refractivity contribution in [2.45, 2.75) is 25.7 Å². The Morgan fingerprint density at radius 3 is 2.78 bits per heavy atom. The van der Waals surface area contributed by atoms with Gasteiger partial charge in [0.2, 0.25) is 0 Å². The Labute approximate surface area is 116 Å². The van der Waals surface area contributed by atoms with Crippen molar-refractivity contribution < 1.29 is 0 Å². The predicted octanol–water partition coefficient (Wildman–Crippen LogP) is 3.13. The first-order chi connectivity index (χ1) is 8.81. The second-order valence-electron chi connectivity index (χ2n) is 5.00. The Bertz CT molecular complexity index is 529. The van der Waals surface area contributed by atoms with E-state index in [4.69, 9.17) is 0 Å². The number of piperidine rings is 1. The lowest BCUT2D eigenvalue weighted by Crippen LogP contribution is -2.31. The highest BCUT2D eigenvalue weighted by Gasteiger charge is 2.10. The van der Waals surface area contributed by atoms with Crippen LogP contribution in [0.5, 0.6) is 0 Å². The zero-order chi connectivity index (χ0) is 12.4. The van der Waals surface area contributed by atoms with Crippen LogP contribution in [0.15, 0.2) is 29.0 Å². The quantitative estimate of drug-likeness (QED) is 0.868. The number of pyridine rings is 1. The van der Waals surface area contributed by atoms with Crippen molar-refractivity contribution in [3.05, 3.63) is 34.7 Å². The van der Waals surface area contributed by atoms with Crippen LogP contribution in [-0.4, -0.2) is 33.9 Å². The van der Waals surface area contributed by atoms with Gasteiger partial charge in [-0.25, -0.2) is 4.98 Å². The Hall–Kier alpha value is -0.870. The average Bonchev–Trinajstić information content (AvgIpc) is 2.79. The molecule has 1 saturated heterocycles. The molecule has 0 bridgehead atoms. The van der Waals surface area contributed by atoms with Crippen molar-refractivity contribution in [1.82, 2.24) is 14.3 Å². The molecule has 0 aromatic carbocycles. The molecule has 0 aliphatic carbocycles. The van der Waals surface area contributed by atoms with Crippen molar-refractivity contribution in [3.63, 3.8) is 0 Å². The largest absolute Gasteiger partial charge is 0.306 e. The van der Waals surface area contributed by atoms with Crippen LogP contribution in [-0.2, 0) is 6.42 Å². The first kappa shape index (κ1) is 12.2.